The summed E-state index contributed by atoms with van der Waals surface area (Å²) in [5.74, 6) is -3.65. The highest BCUT2D eigenvalue weighted by Crippen LogP contribution is 2.47. The van der Waals surface area contributed by atoms with Crippen molar-refractivity contribution in [2.45, 2.75) is 42.4 Å². The zero-order valence-electron chi connectivity index (χ0n) is 33.6. The summed E-state index contributed by atoms with van der Waals surface area (Å²) < 4.78 is 157. The molecular weight excluding hydrogens is 771 g/mol. The average molecular weight is 814 g/mol. The SMILES string of the molecule is [2H]C([2H])([2H])OC1(C(F)(F)F)CC(C(=O)Nc2ccnc(S(=O)(=O)N(Cc3ccc(OC)cc3OC)Cc3ccc(OC)cc3OC)c2)N(c2ccc(F)c(F)c2OC)C1. The number of pyridine rings is 1. The minimum absolute atomic E-state index is 0.258. The van der Waals surface area contributed by atoms with Crippen molar-refractivity contribution >= 4 is 27.3 Å². The van der Waals surface area contributed by atoms with Crippen molar-refractivity contribution in [1.82, 2.24) is 9.29 Å². The molecule has 2 atom stereocenters. The van der Waals surface area contributed by atoms with Crippen LogP contribution >= 0.6 is 0 Å². The topological polar surface area (TPSA) is 138 Å². The Balaban J connectivity index is 1.55. The van der Waals surface area contributed by atoms with E-state index in [9.17, 15) is 35.2 Å². The molecule has 1 saturated heterocycles. The average Bonchev–Trinajstić information content (AvgIpc) is 3.58. The van der Waals surface area contributed by atoms with Gasteiger partial charge in [0.2, 0.25) is 11.7 Å². The van der Waals surface area contributed by atoms with Gasteiger partial charge in [-0.05, 0) is 30.3 Å². The van der Waals surface area contributed by atoms with Crippen molar-refractivity contribution in [1.29, 1.82) is 0 Å². The van der Waals surface area contributed by atoms with Gasteiger partial charge in [-0.25, -0.2) is 17.8 Å². The largest absolute Gasteiger partial charge is 0.497 e. The van der Waals surface area contributed by atoms with Crippen LogP contribution in [0.5, 0.6) is 28.7 Å². The molecule has 1 aliphatic heterocycles. The van der Waals surface area contributed by atoms with Crippen molar-refractivity contribution in [3.63, 3.8) is 0 Å². The molecule has 302 valence electrons. The van der Waals surface area contributed by atoms with Crippen LogP contribution in [0.3, 0.4) is 0 Å². The van der Waals surface area contributed by atoms with E-state index >= 15 is 0 Å². The molecule has 5 rings (SSSR count). The van der Waals surface area contributed by atoms with Crippen molar-refractivity contribution in [3.05, 3.63) is 89.6 Å². The first-order chi connectivity index (χ1) is 27.7. The molecule has 1 aromatic heterocycles. The van der Waals surface area contributed by atoms with E-state index in [1.807, 2.05) is 0 Å². The van der Waals surface area contributed by atoms with Gasteiger partial charge in [-0.2, -0.15) is 21.9 Å². The summed E-state index contributed by atoms with van der Waals surface area (Å²) in [6.07, 6.45) is -5.70. The Morgan fingerprint density at radius 2 is 1.52 bits per heavy atom. The van der Waals surface area contributed by atoms with E-state index in [2.05, 4.69) is 15.0 Å². The lowest BCUT2D eigenvalue weighted by Crippen LogP contribution is -2.49. The van der Waals surface area contributed by atoms with E-state index in [0.29, 0.717) is 33.6 Å². The normalized spacial score (nSPS) is 18.2. The summed E-state index contributed by atoms with van der Waals surface area (Å²) in [7, 11) is -1.66. The van der Waals surface area contributed by atoms with Gasteiger partial charge in [-0.3, -0.25) is 4.79 Å². The van der Waals surface area contributed by atoms with E-state index in [4.69, 9.17) is 27.8 Å². The van der Waals surface area contributed by atoms with Crippen LogP contribution < -0.4 is 33.9 Å². The number of amides is 1. The molecule has 13 nitrogen and oxygen atoms in total. The number of nitrogens with zero attached hydrogens (tertiary/aromatic N) is 3. The molecular formula is C37H39F5N4O9S. The quantitative estimate of drug-likeness (QED) is 0.143. The summed E-state index contributed by atoms with van der Waals surface area (Å²) in [5.41, 5.74) is -3.48. The Bertz CT molecular complexity index is 2230. The minimum atomic E-state index is -5.40. The number of sulfonamides is 1. The third-order valence-electron chi connectivity index (χ3n) is 9.17. The van der Waals surface area contributed by atoms with Crippen LogP contribution in [0.25, 0.3) is 0 Å². The number of carbonyl (C=O) groups excluding carboxylic acids is 1. The number of halogens is 5. The molecule has 1 aliphatic rings. The van der Waals surface area contributed by atoms with E-state index in [1.165, 1.54) is 28.4 Å². The number of nitrogens with one attached hydrogen (secondary N) is 1. The van der Waals surface area contributed by atoms with Crippen LogP contribution in [0.4, 0.5) is 33.3 Å². The molecule has 1 N–H and O–H groups in total. The Morgan fingerprint density at radius 3 is 2.04 bits per heavy atom. The molecule has 0 aliphatic carbocycles. The molecule has 2 unspecified atom stereocenters. The van der Waals surface area contributed by atoms with E-state index in [1.54, 1.807) is 36.4 Å². The Kier molecular flexibility index (Phi) is 11.2. The fourth-order valence-electron chi connectivity index (χ4n) is 6.20. The minimum Gasteiger partial charge on any atom is -0.497 e. The van der Waals surface area contributed by atoms with Crippen LogP contribution in [0.15, 0.2) is 71.9 Å². The standard InChI is InChI=1S/C37H39F5N4O9S/c1-50-25-9-7-22(30(16-25)52-3)19-45(20-23-8-10-26(51-2)17-31(23)53-4)56(48,49)32-15-24(13-14-43-32)44-35(47)29-18-36(55-6,37(40,41)42)21-46(29)28-12-11-27(38)33(39)34(28)54-5/h7-17,29H,18-21H2,1-6H3,(H,43,44,47)/i6D3. The van der Waals surface area contributed by atoms with Gasteiger partial charge in [0.05, 0.1) is 51.9 Å². The van der Waals surface area contributed by atoms with Gasteiger partial charge in [-0.15, -0.1) is 0 Å². The predicted octanol–water partition coefficient (Wildman–Crippen LogP) is 5.96. The van der Waals surface area contributed by atoms with E-state index in [-0.39, 0.29) is 30.3 Å². The van der Waals surface area contributed by atoms with E-state index < -0.39 is 81.9 Å². The number of methoxy groups -OCH3 is 6. The maximum atomic E-state index is 14.9. The second-order valence-corrected chi connectivity index (χ2v) is 14.2. The molecule has 56 heavy (non-hydrogen) atoms. The molecule has 0 radical (unpaired) electrons. The zero-order valence-corrected chi connectivity index (χ0v) is 31.4. The predicted molar refractivity (Wildman–Crippen MR) is 193 cm³/mol. The number of aromatic nitrogens is 1. The Hall–Kier alpha value is -5.40. The maximum absolute atomic E-state index is 14.9. The molecule has 0 saturated carbocycles. The fraction of sp³-hybridized carbons (Fsp3) is 0.351. The lowest BCUT2D eigenvalue weighted by Gasteiger charge is -2.31. The van der Waals surface area contributed by atoms with Crippen molar-refractivity contribution in [2.75, 3.05) is 59.3 Å². The highest BCUT2D eigenvalue weighted by atomic mass is 32.2. The summed E-state index contributed by atoms with van der Waals surface area (Å²) in [4.78, 5) is 18.7. The van der Waals surface area contributed by atoms with Gasteiger partial charge >= 0.3 is 6.18 Å². The summed E-state index contributed by atoms with van der Waals surface area (Å²) in [6.45, 7) is -1.94. The van der Waals surface area contributed by atoms with Crippen molar-refractivity contribution in [3.8, 4) is 28.7 Å². The molecule has 0 bridgehead atoms. The van der Waals surface area contributed by atoms with Gasteiger partial charge < -0.3 is 38.6 Å². The fourth-order valence-corrected chi connectivity index (χ4v) is 7.55. The van der Waals surface area contributed by atoms with Crippen molar-refractivity contribution in [2.24, 2.45) is 0 Å². The summed E-state index contributed by atoms with van der Waals surface area (Å²) in [6, 6.07) is 11.1. The Labute approximate surface area is 324 Å². The van der Waals surface area contributed by atoms with Gasteiger partial charge in [0.25, 0.3) is 10.0 Å². The molecule has 0 spiro atoms. The number of benzene rings is 3. The molecule has 1 amide bonds. The van der Waals surface area contributed by atoms with E-state index in [0.717, 1.165) is 35.8 Å². The first kappa shape index (κ1) is 37.5. The summed E-state index contributed by atoms with van der Waals surface area (Å²) in [5, 5.41) is 1.77. The monoisotopic (exact) mass is 813 g/mol. The second kappa shape index (κ2) is 16.8. The van der Waals surface area contributed by atoms with Crippen molar-refractivity contribution < 1.29 is 67.7 Å². The third kappa shape index (κ3) is 8.24. The zero-order chi connectivity index (χ0) is 43.5. The number of carbonyl (C=O) groups is 1. The first-order valence-corrected chi connectivity index (χ1v) is 17.9. The lowest BCUT2D eigenvalue weighted by atomic mass is 9.99. The smallest absolute Gasteiger partial charge is 0.419 e. The molecule has 1 fully saturated rings. The molecule has 3 aromatic carbocycles. The second-order valence-electron chi connectivity index (χ2n) is 12.4. The van der Waals surface area contributed by atoms with Gasteiger partial charge in [-0.1, -0.05) is 12.1 Å². The third-order valence-corrected chi connectivity index (χ3v) is 10.9. The number of anilines is 2. The number of ether oxygens (including phenoxy) is 6. The van der Waals surface area contributed by atoms with Crippen LogP contribution in [0.1, 0.15) is 21.7 Å². The highest BCUT2D eigenvalue weighted by molar-refractivity contribution is 7.89. The number of rotatable bonds is 15. The highest BCUT2D eigenvalue weighted by Gasteiger charge is 2.63. The maximum Gasteiger partial charge on any atom is 0.419 e. The number of hydrogen-bond acceptors (Lipinski definition) is 11. The van der Waals surface area contributed by atoms with Crippen LogP contribution in [-0.2, 0) is 32.6 Å². The molecule has 19 heteroatoms. The summed E-state index contributed by atoms with van der Waals surface area (Å²) >= 11 is 0. The van der Waals surface area contributed by atoms with Crippen LogP contribution in [-0.4, -0.2) is 90.6 Å². The van der Waals surface area contributed by atoms with Crippen LogP contribution in [0, 0.1) is 11.6 Å². The first-order valence-electron chi connectivity index (χ1n) is 17.9. The Morgan fingerprint density at radius 1 is 0.911 bits per heavy atom. The number of hydrogen-bond donors (Lipinski definition) is 1. The van der Waals surface area contributed by atoms with Gasteiger partial charge in [0.15, 0.2) is 22.2 Å². The number of alkyl halides is 3. The van der Waals surface area contributed by atoms with Gasteiger partial charge in [0.1, 0.15) is 29.0 Å². The lowest BCUT2D eigenvalue weighted by molar-refractivity contribution is -0.261. The van der Waals surface area contributed by atoms with Gasteiger partial charge in [0, 0.05) is 67.8 Å². The molecule has 4 aromatic rings. The van der Waals surface area contributed by atoms with Crippen LogP contribution in [0.2, 0.25) is 0 Å². The molecule has 2 heterocycles.